The Balaban J connectivity index is 1.88. The molecule has 1 aliphatic heterocycles. The summed E-state index contributed by atoms with van der Waals surface area (Å²) in [6.45, 7) is 2.13. The Morgan fingerprint density at radius 1 is 1.73 bits per heavy atom. The Hall–Kier alpha value is -0.570. The highest BCUT2D eigenvalue weighted by Gasteiger charge is 2.55. The number of carbonyl (C=O) groups is 1. The van der Waals surface area contributed by atoms with Crippen LogP contribution in [0.5, 0.6) is 0 Å². The molecule has 62 valence electrons. The van der Waals surface area contributed by atoms with E-state index in [1.807, 2.05) is 0 Å². The van der Waals surface area contributed by atoms with Crippen molar-refractivity contribution in [3.63, 3.8) is 0 Å². The van der Waals surface area contributed by atoms with Gasteiger partial charge < -0.3 is 10.4 Å². The lowest BCUT2D eigenvalue weighted by Crippen LogP contribution is -2.12. The molecule has 1 saturated carbocycles. The van der Waals surface area contributed by atoms with E-state index in [1.165, 1.54) is 6.42 Å². The van der Waals surface area contributed by atoms with E-state index in [4.69, 9.17) is 5.11 Å². The molecule has 2 aliphatic rings. The van der Waals surface area contributed by atoms with E-state index in [1.54, 1.807) is 0 Å². The summed E-state index contributed by atoms with van der Waals surface area (Å²) in [7, 11) is 0. The number of rotatable bonds is 2. The molecule has 0 amide bonds. The second kappa shape index (κ2) is 2.21. The molecule has 11 heavy (non-hydrogen) atoms. The van der Waals surface area contributed by atoms with Gasteiger partial charge >= 0.3 is 5.97 Å². The molecule has 1 spiro atoms. The Kier molecular flexibility index (Phi) is 1.42. The van der Waals surface area contributed by atoms with Crippen LogP contribution in [-0.4, -0.2) is 24.2 Å². The minimum atomic E-state index is -0.640. The highest BCUT2D eigenvalue weighted by molar-refractivity contribution is 5.67. The predicted octanol–water partition coefficient (Wildman–Crippen LogP) is 0.461. The molecule has 1 saturated heterocycles. The van der Waals surface area contributed by atoms with Crippen molar-refractivity contribution < 1.29 is 9.90 Å². The van der Waals surface area contributed by atoms with Crippen LogP contribution < -0.4 is 5.32 Å². The third kappa shape index (κ3) is 1.13. The minimum Gasteiger partial charge on any atom is -0.481 e. The van der Waals surface area contributed by atoms with Gasteiger partial charge in [-0.25, -0.2) is 0 Å². The zero-order valence-corrected chi connectivity index (χ0v) is 6.47. The summed E-state index contributed by atoms with van der Waals surface area (Å²) in [5, 5.41) is 11.8. The maximum absolute atomic E-state index is 10.4. The lowest BCUT2D eigenvalue weighted by molar-refractivity contribution is -0.137. The van der Waals surface area contributed by atoms with Crippen LogP contribution in [0.3, 0.4) is 0 Å². The van der Waals surface area contributed by atoms with Crippen LogP contribution in [0, 0.1) is 11.3 Å². The van der Waals surface area contributed by atoms with Crippen molar-refractivity contribution in [3.8, 4) is 0 Å². The van der Waals surface area contributed by atoms with Gasteiger partial charge in [-0.05, 0) is 30.7 Å². The first-order valence-corrected chi connectivity index (χ1v) is 4.15. The molecule has 1 aliphatic carbocycles. The molecule has 2 rings (SSSR count). The summed E-state index contributed by atoms with van der Waals surface area (Å²) in [6, 6.07) is 0. The van der Waals surface area contributed by atoms with Gasteiger partial charge in [0, 0.05) is 13.0 Å². The quantitative estimate of drug-likeness (QED) is 0.609. The molecular weight excluding hydrogens is 142 g/mol. The zero-order chi connectivity index (χ0) is 7.90. The zero-order valence-electron chi connectivity index (χ0n) is 6.47. The Morgan fingerprint density at radius 3 is 3.09 bits per heavy atom. The summed E-state index contributed by atoms with van der Waals surface area (Å²) in [5.74, 6) is -0.172. The summed E-state index contributed by atoms with van der Waals surface area (Å²) in [6.07, 6.45) is 2.69. The number of hydrogen-bond donors (Lipinski definition) is 2. The summed E-state index contributed by atoms with van der Waals surface area (Å²) < 4.78 is 0. The maximum atomic E-state index is 10.4. The van der Waals surface area contributed by atoms with Gasteiger partial charge in [0.25, 0.3) is 0 Å². The fraction of sp³-hybridized carbons (Fsp3) is 0.875. The van der Waals surface area contributed by atoms with Gasteiger partial charge in [0.05, 0.1) is 0 Å². The molecule has 0 aromatic carbocycles. The SMILES string of the molecule is O=C(O)CC1CC12CCNC2. The van der Waals surface area contributed by atoms with Gasteiger partial charge in [-0.2, -0.15) is 0 Å². The molecule has 2 atom stereocenters. The first-order chi connectivity index (χ1) is 5.23. The van der Waals surface area contributed by atoms with Crippen molar-refractivity contribution in [3.05, 3.63) is 0 Å². The topological polar surface area (TPSA) is 49.3 Å². The number of nitrogens with one attached hydrogen (secondary N) is 1. The van der Waals surface area contributed by atoms with E-state index >= 15 is 0 Å². The molecule has 1 heterocycles. The number of aliphatic carboxylic acids is 1. The van der Waals surface area contributed by atoms with Crippen molar-refractivity contribution >= 4 is 5.97 Å². The van der Waals surface area contributed by atoms with Crippen molar-refractivity contribution in [1.29, 1.82) is 0 Å². The Labute approximate surface area is 65.8 Å². The summed E-state index contributed by atoms with van der Waals surface area (Å²) in [4.78, 5) is 10.4. The molecule has 3 heteroatoms. The van der Waals surface area contributed by atoms with E-state index in [2.05, 4.69) is 5.32 Å². The molecule has 2 fully saturated rings. The molecular formula is C8H13NO2. The van der Waals surface area contributed by atoms with Crippen LogP contribution in [0.4, 0.5) is 0 Å². The van der Waals surface area contributed by atoms with Gasteiger partial charge in [-0.15, -0.1) is 0 Å². The van der Waals surface area contributed by atoms with Crippen molar-refractivity contribution in [2.24, 2.45) is 11.3 Å². The normalized spacial score (nSPS) is 41.3. The molecule has 3 nitrogen and oxygen atoms in total. The largest absolute Gasteiger partial charge is 0.481 e. The average molecular weight is 155 g/mol. The maximum Gasteiger partial charge on any atom is 0.303 e. The first-order valence-electron chi connectivity index (χ1n) is 4.15. The van der Waals surface area contributed by atoms with E-state index in [-0.39, 0.29) is 0 Å². The number of carboxylic acid groups (broad SMARTS) is 1. The van der Waals surface area contributed by atoms with Crippen LogP contribution in [0.15, 0.2) is 0 Å². The van der Waals surface area contributed by atoms with E-state index in [0.29, 0.717) is 17.8 Å². The van der Waals surface area contributed by atoms with Crippen LogP contribution in [0.2, 0.25) is 0 Å². The van der Waals surface area contributed by atoms with Crippen LogP contribution in [0.1, 0.15) is 19.3 Å². The molecule has 0 radical (unpaired) electrons. The van der Waals surface area contributed by atoms with Crippen molar-refractivity contribution in [1.82, 2.24) is 5.32 Å². The van der Waals surface area contributed by atoms with E-state index in [9.17, 15) is 4.79 Å². The van der Waals surface area contributed by atoms with E-state index in [0.717, 1.165) is 19.5 Å². The van der Waals surface area contributed by atoms with Gasteiger partial charge in [-0.1, -0.05) is 0 Å². The van der Waals surface area contributed by atoms with Crippen LogP contribution >= 0.6 is 0 Å². The van der Waals surface area contributed by atoms with Gasteiger partial charge in [0.15, 0.2) is 0 Å². The standard InChI is InChI=1S/C8H13NO2/c10-7(11)3-6-4-8(6)1-2-9-5-8/h6,9H,1-5H2,(H,10,11). The number of carboxylic acids is 1. The van der Waals surface area contributed by atoms with Gasteiger partial charge in [0.2, 0.25) is 0 Å². The second-order valence-corrected chi connectivity index (χ2v) is 3.79. The lowest BCUT2D eigenvalue weighted by atomic mass is 10.0. The highest BCUT2D eigenvalue weighted by Crippen LogP contribution is 2.58. The molecule has 2 N–H and O–H groups in total. The fourth-order valence-corrected chi connectivity index (χ4v) is 2.22. The Morgan fingerprint density at radius 2 is 2.55 bits per heavy atom. The predicted molar refractivity (Wildman–Crippen MR) is 40.3 cm³/mol. The average Bonchev–Trinajstić information content (AvgIpc) is 2.43. The molecule has 0 bridgehead atoms. The van der Waals surface area contributed by atoms with Gasteiger partial charge in [-0.3, -0.25) is 4.79 Å². The fourth-order valence-electron chi connectivity index (χ4n) is 2.22. The van der Waals surface area contributed by atoms with Crippen LogP contribution in [-0.2, 0) is 4.79 Å². The molecule has 0 aromatic rings. The minimum absolute atomic E-state index is 0.377. The lowest BCUT2D eigenvalue weighted by Gasteiger charge is -2.03. The highest BCUT2D eigenvalue weighted by atomic mass is 16.4. The third-order valence-electron chi connectivity index (χ3n) is 3.06. The van der Waals surface area contributed by atoms with Crippen molar-refractivity contribution in [2.45, 2.75) is 19.3 Å². The van der Waals surface area contributed by atoms with Crippen molar-refractivity contribution in [2.75, 3.05) is 13.1 Å². The second-order valence-electron chi connectivity index (χ2n) is 3.79. The molecule has 0 aromatic heterocycles. The Bertz CT molecular complexity index is 185. The van der Waals surface area contributed by atoms with E-state index < -0.39 is 5.97 Å². The molecule has 2 unspecified atom stereocenters. The van der Waals surface area contributed by atoms with Crippen LogP contribution in [0.25, 0.3) is 0 Å². The third-order valence-corrected chi connectivity index (χ3v) is 3.06. The monoisotopic (exact) mass is 155 g/mol. The summed E-state index contributed by atoms with van der Waals surface area (Å²) in [5.41, 5.74) is 0.401. The van der Waals surface area contributed by atoms with Gasteiger partial charge in [0.1, 0.15) is 0 Å². The first kappa shape index (κ1) is 7.10. The number of hydrogen-bond acceptors (Lipinski definition) is 2. The summed E-state index contributed by atoms with van der Waals surface area (Å²) >= 11 is 0. The smallest absolute Gasteiger partial charge is 0.303 e.